The molecule has 0 aromatic heterocycles. The Balaban J connectivity index is 1.67. The lowest BCUT2D eigenvalue weighted by Gasteiger charge is -2.41. The number of hydrogen-bond donors (Lipinski definition) is 1. The molecule has 1 N–H and O–H groups in total. The first kappa shape index (κ1) is 24.6. The molecule has 36 heavy (non-hydrogen) atoms. The molecule has 1 saturated heterocycles. The van der Waals surface area contributed by atoms with Crippen LogP contribution < -0.4 is 5.32 Å². The summed E-state index contributed by atoms with van der Waals surface area (Å²) in [5.74, 6) is -2.09. The molecule has 4 unspecified atom stereocenters. The van der Waals surface area contributed by atoms with E-state index in [4.69, 9.17) is 0 Å². The minimum absolute atomic E-state index is 0.0151. The first-order chi connectivity index (χ1) is 17.1. The fraction of sp³-hybridized carbons (Fsp3) is 0.379. The summed E-state index contributed by atoms with van der Waals surface area (Å²) in [5, 5.41) is 2.79. The van der Waals surface area contributed by atoms with Crippen molar-refractivity contribution >= 4 is 50.6 Å². The van der Waals surface area contributed by atoms with Gasteiger partial charge in [-0.05, 0) is 42.5 Å². The number of amides is 3. The van der Waals surface area contributed by atoms with Crippen molar-refractivity contribution in [1.29, 1.82) is 0 Å². The molecule has 4 atom stereocenters. The van der Waals surface area contributed by atoms with Crippen LogP contribution in [0.2, 0.25) is 0 Å². The number of benzene rings is 2. The van der Waals surface area contributed by atoms with Crippen LogP contribution in [0.25, 0.3) is 11.1 Å². The van der Waals surface area contributed by atoms with Gasteiger partial charge in [-0.25, -0.2) is 0 Å². The van der Waals surface area contributed by atoms with E-state index in [1.165, 1.54) is 4.90 Å². The van der Waals surface area contributed by atoms with Gasteiger partial charge in [0.2, 0.25) is 17.7 Å². The minimum atomic E-state index is -1.42. The van der Waals surface area contributed by atoms with E-state index in [1.807, 2.05) is 74.5 Å². The maximum atomic E-state index is 14.3. The smallest absolute Gasteiger partial charge is 0.248 e. The Morgan fingerprint density at radius 3 is 2.06 bits per heavy atom. The highest BCUT2D eigenvalue weighted by Crippen LogP contribution is 2.77. The van der Waals surface area contributed by atoms with Crippen LogP contribution in [0.5, 0.6) is 0 Å². The standard InChI is InChI=1S/C29H29BrN2O4/c1-4-16-31-20(33)15-17-32-24(34)23-27(2)21(18-11-7-5-8-12-18)22(19-13-9-6-10-14-19)28(3,25(27)35)29(23,30)26(32)36/h5-14,23H,4,15-17H2,1-3H3,(H,31,33). The number of imide groups is 1. The Labute approximate surface area is 219 Å². The lowest BCUT2D eigenvalue weighted by atomic mass is 9.63. The summed E-state index contributed by atoms with van der Waals surface area (Å²) >= 11 is 3.73. The van der Waals surface area contributed by atoms with Gasteiger partial charge in [0.05, 0.1) is 16.7 Å². The Hall–Kier alpha value is -3.06. The van der Waals surface area contributed by atoms with E-state index in [0.29, 0.717) is 6.54 Å². The van der Waals surface area contributed by atoms with Crippen LogP contribution in [0.4, 0.5) is 0 Å². The second kappa shape index (κ2) is 8.51. The number of ketones is 1. The van der Waals surface area contributed by atoms with Gasteiger partial charge in [-0.15, -0.1) is 0 Å². The van der Waals surface area contributed by atoms with Crippen LogP contribution in [0.15, 0.2) is 60.7 Å². The van der Waals surface area contributed by atoms with Gasteiger partial charge in [0, 0.05) is 19.5 Å². The summed E-state index contributed by atoms with van der Waals surface area (Å²) in [6.07, 6.45) is 0.827. The first-order valence-electron chi connectivity index (χ1n) is 12.4. The summed E-state index contributed by atoms with van der Waals surface area (Å²) in [7, 11) is 0. The van der Waals surface area contributed by atoms with E-state index in [-0.39, 0.29) is 24.7 Å². The number of allylic oxidation sites excluding steroid dienone is 2. The molecule has 2 aromatic rings. The summed E-state index contributed by atoms with van der Waals surface area (Å²) in [6, 6.07) is 19.3. The van der Waals surface area contributed by atoms with Gasteiger partial charge in [0.1, 0.15) is 4.32 Å². The number of nitrogens with one attached hydrogen (secondary N) is 1. The third kappa shape index (κ3) is 2.95. The summed E-state index contributed by atoms with van der Waals surface area (Å²) in [5.41, 5.74) is 0.805. The van der Waals surface area contributed by atoms with Crippen LogP contribution in [0.1, 0.15) is 44.7 Å². The molecule has 3 amide bonds. The van der Waals surface area contributed by atoms with E-state index >= 15 is 0 Å². The third-order valence-corrected chi connectivity index (χ3v) is 9.82. The normalized spacial score (nSPS) is 30.8. The SMILES string of the molecule is CCCNC(=O)CCN1C(=O)C2C3(C)C(=O)C(C)(C(c4ccccc4)=C3c3ccccc3)C2(Br)C1=O. The molecule has 3 aliphatic rings. The average molecular weight is 549 g/mol. The molecular formula is C29H29BrN2O4. The molecule has 2 fully saturated rings. The van der Waals surface area contributed by atoms with Gasteiger partial charge < -0.3 is 5.32 Å². The molecule has 0 radical (unpaired) electrons. The molecule has 0 spiro atoms. The Kier molecular flexibility index (Phi) is 5.82. The summed E-state index contributed by atoms with van der Waals surface area (Å²) in [6.45, 7) is 6.09. The molecule has 2 aliphatic carbocycles. The summed E-state index contributed by atoms with van der Waals surface area (Å²) < 4.78 is -1.42. The fourth-order valence-electron chi connectivity index (χ4n) is 6.64. The van der Waals surface area contributed by atoms with Gasteiger partial charge in [0.25, 0.3) is 0 Å². The number of alkyl halides is 1. The van der Waals surface area contributed by atoms with Crippen molar-refractivity contribution in [2.75, 3.05) is 13.1 Å². The van der Waals surface area contributed by atoms with E-state index in [0.717, 1.165) is 28.7 Å². The maximum Gasteiger partial charge on any atom is 0.248 e. The molecule has 186 valence electrons. The van der Waals surface area contributed by atoms with E-state index in [2.05, 4.69) is 21.2 Å². The number of fused-ring (bicyclic) bond motifs is 5. The number of carbonyl (C=O) groups excluding carboxylic acids is 4. The van der Waals surface area contributed by atoms with Gasteiger partial charge in [-0.2, -0.15) is 0 Å². The highest BCUT2D eigenvalue weighted by Gasteiger charge is 2.85. The molecule has 7 heteroatoms. The molecule has 1 heterocycles. The largest absolute Gasteiger partial charge is 0.356 e. The Morgan fingerprint density at radius 1 is 0.944 bits per heavy atom. The van der Waals surface area contributed by atoms with Crippen LogP contribution in [-0.2, 0) is 19.2 Å². The lowest BCUT2D eigenvalue weighted by Crippen LogP contribution is -2.50. The Bertz CT molecular complexity index is 1310. The second-order valence-electron chi connectivity index (χ2n) is 10.2. The van der Waals surface area contributed by atoms with Crippen molar-refractivity contribution in [3.8, 4) is 0 Å². The van der Waals surface area contributed by atoms with Crippen molar-refractivity contribution < 1.29 is 19.2 Å². The molecule has 2 aromatic carbocycles. The predicted octanol–water partition coefficient (Wildman–Crippen LogP) is 4.24. The van der Waals surface area contributed by atoms with Crippen molar-refractivity contribution in [2.24, 2.45) is 16.7 Å². The molecule has 5 rings (SSSR count). The zero-order valence-electron chi connectivity index (χ0n) is 20.6. The average Bonchev–Trinajstić information content (AvgIpc) is 3.26. The second-order valence-corrected chi connectivity index (χ2v) is 11.4. The van der Waals surface area contributed by atoms with E-state index in [9.17, 15) is 19.2 Å². The van der Waals surface area contributed by atoms with E-state index < -0.39 is 32.9 Å². The van der Waals surface area contributed by atoms with Gasteiger partial charge in [0.15, 0.2) is 5.78 Å². The lowest BCUT2D eigenvalue weighted by molar-refractivity contribution is -0.144. The van der Waals surface area contributed by atoms with Crippen LogP contribution in [0, 0.1) is 16.7 Å². The number of nitrogens with zero attached hydrogens (tertiary/aromatic N) is 1. The first-order valence-corrected chi connectivity index (χ1v) is 13.2. The predicted molar refractivity (Wildman–Crippen MR) is 141 cm³/mol. The van der Waals surface area contributed by atoms with Crippen LogP contribution in [-0.4, -0.2) is 45.8 Å². The van der Waals surface area contributed by atoms with Crippen molar-refractivity contribution in [1.82, 2.24) is 10.2 Å². The number of hydrogen-bond acceptors (Lipinski definition) is 4. The molecule has 2 bridgehead atoms. The van der Waals surface area contributed by atoms with E-state index in [1.54, 1.807) is 6.92 Å². The maximum absolute atomic E-state index is 14.3. The zero-order chi connectivity index (χ0) is 25.9. The number of halogens is 1. The van der Waals surface area contributed by atoms with Gasteiger partial charge in [-0.3, -0.25) is 24.1 Å². The third-order valence-electron chi connectivity index (χ3n) is 8.23. The van der Waals surface area contributed by atoms with Gasteiger partial charge >= 0.3 is 0 Å². The fourth-order valence-corrected chi connectivity index (χ4v) is 7.88. The van der Waals surface area contributed by atoms with Gasteiger partial charge in [-0.1, -0.05) is 83.5 Å². The molecule has 1 aliphatic heterocycles. The molecule has 6 nitrogen and oxygen atoms in total. The summed E-state index contributed by atoms with van der Waals surface area (Å²) in [4.78, 5) is 55.7. The highest BCUT2D eigenvalue weighted by molar-refractivity contribution is 9.10. The van der Waals surface area contributed by atoms with Crippen molar-refractivity contribution in [3.05, 3.63) is 71.8 Å². The zero-order valence-corrected chi connectivity index (χ0v) is 22.2. The highest BCUT2D eigenvalue weighted by atomic mass is 79.9. The Morgan fingerprint density at radius 2 is 1.50 bits per heavy atom. The topological polar surface area (TPSA) is 83.6 Å². The minimum Gasteiger partial charge on any atom is -0.356 e. The molecule has 1 saturated carbocycles. The number of rotatable bonds is 7. The monoisotopic (exact) mass is 548 g/mol. The van der Waals surface area contributed by atoms with Crippen LogP contribution >= 0.6 is 15.9 Å². The number of Topliss-reactive ketones (excluding diaryl/α,β-unsaturated/α-hetero) is 1. The molecular weight excluding hydrogens is 520 g/mol. The number of likely N-dealkylation sites (tertiary alicyclic amines) is 1. The van der Waals surface area contributed by atoms with Crippen molar-refractivity contribution in [3.63, 3.8) is 0 Å². The quantitative estimate of drug-likeness (QED) is 0.414. The van der Waals surface area contributed by atoms with Crippen molar-refractivity contribution in [2.45, 2.75) is 37.9 Å². The number of carbonyl (C=O) groups is 4. The van der Waals surface area contributed by atoms with Crippen LogP contribution in [0.3, 0.4) is 0 Å².